The highest BCUT2D eigenvalue weighted by atomic mass is 32.1. The van der Waals surface area contributed by atoms with Crippen molar-refractivity contribution in [2.45, 2.75) is 0 Å². The van der Waals surface area contributed by atoms with Crippen LogP contribution in [0.5, 0.6) is 0 Å². The molecule has 0 N–H and O–H groups in total. The van der Waals surface area contributed by atoms with Crippen LogP contribution in [0, 0.1) is 10.1 Å². The molecule has 4 nitrogen and oxygen atoms in total. The molecule has 0 bridgehead atoms. The summed E-state index contributed by atoms with van der Waals surface area (Å²) in [5, 5.41) is 11.1. The van der Waals surface area contributed by atoms with Crippen molar-refractivity contribution in [1.29, 1.82) is 0 Å². The fourth-order valence-electron chi connectivity index (χ4n) is 1.04. The lowest BCUT2D eigenvalue weighted by Crippen LogP contribution is -1.86. The van der Waals surface area contributed by atoms with Gasteiger partial charge in [0.2, 0.25) is 0 Å². The van der Waals surface area contributed by atoms with Crippen LogP contribution in [0.25, 0.3) is 10.1 Å². The van der Waals surface area contributed by atoms with Gasteiger partial charge in [0.05, 0.1) is 21.2 Å². The van der Waals surface area contributed by atoms with Gasteiger partial charge in [0.25, 0.3) is 5.69 Å². The molecule has 1 heterocycles. The first-order chi connectivity index (χ1) is 5.79. The van der Waals surface area contributed by atoms with Crippen molar-refractivity contribution in [3.05, 3.63) is 34.5 Å². The maximum Gasteiger partial charge on any atom is 0.279 e. The van der Waals surface area contributed by atoms with Crippen molar-refractivity contribution < 1.29 is 4.92 Å². The van der Waals surface area contributed by atoms with Gasteiger partial charge in [-0.3, -0.25) is 10.1 Å². The van der Waals surface area contributed by atoms with E-state index in [0.717, 1.165) is 4.70 Å². The van der Waals surface area contributed by atoms with Crippen LogP contribution in [0.15, 0.2) is 24.4 Å². The van der Waals surface area contributed by atoms with Crippen molar-refractivity contribution in [1.82, 2.24) is 4.37 Å². The van der Waals surface area contributed by atoms with Crippen LogP contribution in [0.4, 0.5) is 5.69 Å². The van der Waals surface area contributed by atoms with E-state index in [-0.39, 0.29) is 5.69 Å². The summed E-state index contributed by atoms with van der Waals surface area (Å²) < 4.78 is 4.73. The Kier molecular flexibility index (Phi) is 1.51. The molecular weight excluding hydrogens is 176 g/mol. The number of hydrogen-bond donors (Lipinski definition) is 0. The predicted octanol–water partition coefficient (Wildman–Crippen LogP) is 2.20. The smallest absolute Gasteiger partial charge is 0.258 e. The van der Waals surface area contributed by atoms with E-state index in [1.165, 1.54) is 23.8 Å². The number of hydrogen-bond acceptors (Lipinski definition) is 4. The number of rotatable bonds is 1. The third-order valence-electron chi connectivity index (χ3n) is 1.57. The van der Waals surface area contributed by atoms with Crippen LogP contribution in [0.2, 0.25) is 0 Å². The third-order valence-corrected chi connectivity index (χ3v) is 2.34. The van der Waals surface area contributed by atoms with Crippen LogP contribution in [-0.2, 0) is 0 Å². The SMILES string of the molecule is O=[N+]([O-])c1cccc2sncc12. The molecule has 0 aliphatic rings. The molecule has 0 unspecified atom stereocenters. The largest absolute Gasteiger partial charge is 0.279 e. The Morgan fingerprint density at radius 3 is 3.08 bits per heavy atom. The first-order valence-corrected chi connectivity index (χ1v) is 4.04. The standard InChI is InChI=1S/C7H4N2O2S/c10-9(11)6-2-1-3-7-5(6)4-8-12-7/h1-4H. The summed E-state index contributed by atoms with van der Waals surface area (Å²) in [5.41, 5.74) is 0.126. The second-order valence-corrected chi connectivity index (χ2v) is 3.11. The molecule has 0 aliphatic carbocycles. The van der Waals surface area contributed by atoms with Gasteiger partial charge in [-0.2, -0.15) is 4.37 Å². The minimum Gasteiger partial charge on any atom is -0.258 e. The molecule has 0 saturated heterocycles. The van der Waals surface area contributed by atoms with Crippen molar-refractivity contribution >= 4 is 27.3 Å². The number of fused-ring (bicyclic) bond motifs is 1. The van der Waals surface area contributed by atoms with Gasteiger partial charge < -0.3 is 0 Å². The van der Waals surface area contributed by atoms with Crippen LogP contribution in [-0.4, -0.2) is 9.30 Å². The van der Waals surface area contributed by atoms with Crippen molar-refractivity contribution in [3.8, 4) is 0 Å². The average molecular weight is 180 g/mol. The molecule has 12 heavy (non-hydrogen) atoms. The topological polar surface area (TPSA) is 56.0 Å². The monoisotopic (exact) mass is 180 g/mol. The molecule has 0 atom stereocenters. The average Bonchev–Trinajstić information content (AvgIpc) is 2.49. The first kappa shape index (κ1) is 7.17. The Hall–Kier alpha value is -1.49. The number of non-ortho nitro benzene ring substituents is 1. The summed E-state index contributed by atoms with van der Waals surface area (Å²) in [6, 6.07) is 4.97. The minimum atomic E-state index is -0.392. The highest BCUT2D eigenvalue weighted by Gasteiger charge is 2.11. The van der Waals surface area contributed by atoms with E-state index in [2.05, 4.69) is 4.37 Å². The zero-order valence-electron chi connectivity index (χ0n) is 5.93. The van der Waals surface area contributed by atoms with Gasteiger partial charge in [-0.25, -0.2) is 0 Å². The lowest BCUT2D eigenvalue weighted by molar-refractivity contribution is -0.383. The molecule has 60 valence electrons. The second kappa shape index (κ2) is 2.53. The maximum absolute atomic E-state index is 10.5. The molecule has 0 fully saturated rings. The van der Waals surface area contributed by atoms with E-state index in [0.29, 0.717) is 5.39 Å². The molecule has 0 aliphatic heterocycles. The minimum absolute atomic E-state index is 0.126. The summed E-state index contributed by atoms with van der Waals surface area (Å²) in [5.74, 6) is 0. The molecule has 2 rings (SSSR count). The fourth-order valence-corrected chi connectivity index (χ4v) is 1.70. The number of nitro groups is 1. The lowest BCUT2D eigenvalue weighted by atomic mass is 10.2. The van der Waals surface area contributed by atoms with Crippen LogP contribution in [0.3, 0.4) is 0 Å². The molecule has 0 spiro atoms. The number of nitrogens with zero attached hydrogens (tertiary/aromatic N) is 2. The Morgan fingerprint density at radius 2 is 2.33 bits per heavy atom. The zero-order valence-corrected chi connectivity index (χ0v) is 6.75. The van der Waals surface area contributed by atoms with E-state index < -0.39 is 4.92 Å². The zero-order chi connectivity index (χ0) is 8.55. The molecule has 0 saturated carbocycles. The Labute approximate surface area is 71.8 Å². The van der Waals surface area contributed by atoms with Gasteiger partial charge >= 0.3 is 0 Å². The van der Waals surface area contributed by atoms with Gasteiger partial charge in [0.15, 0.2) is 0 Å². The second-order valence-electron chi connectivity index (χ2n) is 2.27. The van der Waals surface area contributed by atoms with Gasteiger partial charge in [-0.05, 0) is 17.6 Å². The van der Waals surface area contributed by atoms with E-state index >= 15 is 0 Å². The molecule has 1 aromatic heterocycles. The normalized spacial score (nSPS) is 10.3. The summed E-state index contributed by atoms with van der Waals surface area (Å²) in [4.78, 5) is 10.1. The third kappa shape index (κ3) is 0.947. The molecular formula is C7H4N2O2S. The maximum atomic E-state index is 10.5. The number of benzene rings is 1. The fraction of sp³-hybridized carbons (Fsp3) is 0. The van der Waals surface area contributed by atoms with E-state index in [4.69, 9.17) is 0 Å². The van der Waals surface area contributed by atoms with Crippen molar-refractivity contribution in [3.63, 3.8) is 0 Å². The highest BCUT2D eigenvalue weighted by Crippen LogP contribution is 2.26. The van der Waals surface area contributed by atoms with Crippen molar-refractivity contribution in [2.75, 3.05) is 0 Å². The number of nitro benzene ring substituents is 1. The van der Waals surface area contributed by atoms with E-state index in [1.54, 1.807) is 6.07 Å². The molecule has 1 aromatic carbocycles. The summed E-state index contributed by atoms with van der Waals surface area (Å²) >= 11 is 1.26. The Morgan fingerprint density at radius 1 is 1.50 bits per heavy atom. The Balaban J connectivity index is 2.82. The quantitative estimate of drug-likeness (QED) is 0.499. The Bertz CT molecular complexity index is 438. The van der Waals surface area contributed by atoms with Gasteiger partial charge in [0, 0.05) is 6.07 Å². The number of aromatic nitrogens is 1. The van der Waals surface area contributed by atoms with Crippen LogP contribution >= 0.6 is 11.5 Å². The van der Waals surface area contributed by atoms with Gasteiger partial charge in [0.1, 0.15) is 0 Å². The van der Waals surface area contributed by atoms with Crippen molar-refractivity contribution in [2.24, 2.45) is 0 Å². The van der Waals surface area contributed by atoms with Gasteiger partial charge in [-0.15, -0.1) is 0 Å². The molecule has 2 aromatic rings. The summed E-state index contributed by atoms with van der Waals surface area (Å²) in [6.07, 6.45) is 1.53. The van der Waals surface area contributed by atoms with E-state index in [1.807, 2.05) is 6.07 Å². The summed E-state index contributed by atoms with van der Waals surface area (Å²) in [7, 11) is 0. The predicted molar refractivity (Wildman–Crippen MR) is 46.3 cm³/mol. The summed E-state index contributed by atoms with van der Waals surface area (Å²) in [6.45, 7) is 0. The lowest BCUT2D eigenvalue weighted by Gasteiger charge is -1.90. The molecule has 0 radical (unpaired) electrons. The van der Waals surface area contributed by atoms with Crippen LogP contribution in [0.1, 0.15) is 0 Å². The first-order valence-electron chi connectivity index (χ1n) is 3.27. The van der Waals surface area contributed by atoms with E-state index in [9.17, 15) is 10.1 Å². The molecule has 5 heteroatoms. The highest BCUT2D eigenvalue weighted by molar-refractivity contribution is 7.13. The van der Waals surface area contributed by atoms with Gasteiger partial charge in [-0.1, -0.05) is 6.07 Å². The molecule has 0 amide bonds. The van der Waals surface area contributed by atoms with Crippen LogP contribution < -0.4 is 0 Å².